The van der Waals surface area contributed by atoms with E-state index < -0.39 is 3.79 Å². The van der Waals surface area contributed by atoms with E-state index in [0.717, 1.165) is 0 Å². The number of hydrogen-bond acceptors (Lipinski definition) is 2. The van der Waals surface area contributed by atoms with Crippen molar-refractivity contribution >= 4 is 40.7 Å². The van der Waals surface area contributed by atoms with Gasteiger partial charge in [0.1, 0.15) is 3.79 Å². The van der Waals surface area contributed by atoms with Gasteiger partial charge in [0, 0.05) is 0 Å². The van der Waals surface area contributed by atoms with Crippen LogP contribution in [0.25, 0.3) is 0 Å². The van der Waals surface area contributed by atoms with Gasteiger partial charge >= 0.3 is 0 Å². The van der Waals surface area contributed by atoms with E-state index in [1.807, 2.05) is 0 Å². The molecule has 12 heavy (non-hydrogen) atoms. The molecule has 0 atom stereocenters. The van der Waals surface area contributed by atoms with Gasteiger partial charge in [-0.15, -0.1) is 34.8 Å². The van der Waals surface area contributed by atoms with E-state index in [4.69, 9.17) is 39.5 Å². The molecule has 0 unspecified atom stereocenters. The normalized spacial score (nSPS) is 20.7. The zero-order valence-electron chi connectivity index (χ0n) is 6.31. The van der Waals surface area contributed by atoms with Crippen LogP contribution in [0.1, 0.15) is 6.92 Å². The number of carbonyl (C=O) groups excluding carboxylic acids is 1. The number of alkyl halides is 3. The molecule has 1 heterocycles. The van der Waals surface area contributed by atoms with Gasteiger partial charge in [0.15, 0.2) is 0 Å². The number of ether oxygens (including phenoxy) is 1. The van der Waals surface area contributed by atoms with Crippen molar-refractivity contribution in [3.63, 3.8) is 0 Å². The smallest absolute Gasteiger partial charge is 0.218 e. The van der Waals surface area contributed by atoms with E-state index in [1.54, 1.807) is 6.92 Å². The number of nitrogens with zero attached hydrogens (tertiary/aromatic N) is 1. The highest BCUT2D eigenvalue weighted by molar-refractivity contribution is 6.69. The fourth-order valence-corrected chi connectivity index (χ4v) is 1.42. The van der Waals surface area contributed by atoms with Gasteiger partial charge in [-0.3, -0.25) is 4.79 Å². The Hall–Kier alpha value is 0.300. The highest BCUT2D eigenvalue weighted by Gasteiger charge is 2.31. The van der Waals surface area contributed by atoms with E-state index >= 15 is 0 Å². The van der Waals surface area contributed by atoms with Crippen LogP contribution < -0.4 is 0 Å². The van der Waals surface area contributed by atoms with Crippen LogP contribution in [0.4, 0.5) is 0 Å². The lowest BCUT2D eigenvalue weighted by atomic mass is 10.5. The zero-order chi connectivity index (χ0) is 9.35. The summed E-state index contributed by atoms with van der Waals surface area (Å²) in [6.07, 6.45) is 0.0972. The third kappa shape index (κ3) is 1.96. The first kappa shape index (κ1) is 10.4. The Kier molecular flexibility index (Phi) is 3.10. The van der Waals surface area contributed by atoms with Crippen molar-refractivity contribution in [2.24, 2.45) is 0 Å². The highest BCUT2D eigenvalue weighted by Crippen LogP contribution is 2.41. The fraction of sp³-hybridized carbons (Fsp3) is 0.667. The lowest BCUT2D eigenvalue weighted by Gasteiger charge is -2.40. The number of rotatable bonds is 1. The molecule has 1 amide bonds. The Labute approximate surface area is 85.5 Å². The van der Waals surface area contributed by atoms with Gasteiger partial charge in [0.2, 0.25) is 5.91 Å². The van der Waals surface area contributed by atoms with Gasteiger partial charge in [-0.1, -0.05) is 6.23 Å². The van der Waals surface area contributed by atoms with Crippen LogP contribution in [0.15, 0.2) is 0 Å². The summed E-state index contributed by atoms with van der Waals surface area (Å²) < 4.78 is 3.28. The maximum atomic E-state index is 11.1. The maximum absolute atomic E-state index is 11.1. The molecule has 1 rings (SSSR count). The summed E-state index contributed by atoms with van der Waals surface area (Å²) in [5.74, 6) is -0.182. The summed E-state index contributed by atoms with van der Waals surface area (Å²) in [5, 5.41) is 0. The molecule has 1 saturated heterocycles. The second kappa shape index (κ2) is 3.58. The summed E-state index contributed by atoms with van der Waals surface area (Å²) in [6, 6.07) is 0. The van der Waals surface area contributed by atoms with E-state index in [9.17, 15) is 4.79 Å². The summed E-state index contributed by atoms with van der Waals surface area (Å²) in [6.45, 7) is 2.18. The fourth-order valence-electron chi connectivity index (χ4n) is 0.954. The molecule has 0 saturated carbocycles. The average Bonchev–Trinajstić information content (AvgIpc) is 2.29. The predicted molar refractivity (Wildman–Crippen MR) is 46.9 cm³/mol. The van der Waals surface area contributed by atoms with E-state index in [-0.39, 0.29) is 18.7 Å². The monoisotopic (exact) mass is 230 g/mol. The molecule has 70 valence electrons. The van der Waals surface area contributed by atoms with Gasteiger partial charge in [-0.2, -0.15) is 0 Å². The van der Waals surface area contributed by atoms with Crippen molar-refractivity contribution in [3.8, 4) is 0 Å². The second-order valence-electron chi connectivity index (χ2n) is 2.23. The standard InChI is InChI=1S/C6H7Cl3NO2/c1-2-10-4(11)3-12-5(10)6(7,8)9/h2-3H2,1H3/q-1. The number of halogens is 3. The van der Waals surface area contributed by atoms with Gasteiger partial charge in [-0.25, -0.2) is 0 Å². The van der Waals surface area contributed by atoms with Crippen LogP contribution in [0.5, 0.6) is 0 Å². The SMILES string of the molecule is CCN1C(=O)CO[C-]1C(Cl)(Cl)Cl. The molecule has 0 bridgehead atoms. The molecule has 0 radical (unpaired) electrons. The number of hydrogen-bond donors (Lipinski definition) is 0. The molecule has 3 nitrogen and oxygen atoms in total. The van der Waals surface area contributed by atoms with Crippen molar-refractivity contribution in [2.45, 2.75) is 10.7 Å². The van der Waals surface area contributed by atoms with Crippen molar-refractivity contribution in [1.29, 1.82) is 0 Å². The molecule has 0 aliphatic carbocycles. The molecular weight excluding hydrogens is 224 g/mol. The van der Waals surface area contributed by atoms with E-state index in [0.29, 0.717) is 6.54 Å². The summed E-state index contributed by atoms with van der Waals surface area (Å²) in [7, 11) is 0. The van der Waals surface area contributed by atoms with Crippen molar-refractivity contribution in [1.82, 2.24) is 4.90 Å². The van der Waals surface area contributed by atoms with Crippen LogP contribution in [0.2, 0.25) is 0 Å². The summed E-state index contributed by atoms with van der Waals surface area (Å²) in [4.78, 5) is 12.4. The Morgan fingerprint density at radius 1 is 1.67 bits per heavy atom. The first-order valence-electron chi connectivity index (χ1n) is 3.34. The quantitative estimate of drug-likeness (QED) is 0.508. The maximum Gasteiger partial charge on any atom is 0.218 e. The first-order chi connectivity index (χ1) is 5.46. The van der Waals surface area contributed by atoms with Crippen LogP contribution in [-0.4, -0.2) is 27.8 Å². The summed E-state index contributed by atoms with van der Waals surface area (Å²) in [5.41, 5.74) is 0. The molecular formula is C6H7Cl3NO2-. The highest BCUT2D eigenvalue weighted by atomic mass is 35.6. The van der Waals surface area contributed by atoms with Crippen LogP contribution in [0, 0.1) is 6.23 Å². The van der Waals surface area contributed by atoms with Crippen LogP contribution in [-0.2, 0) is 9.53 Å². The lowest BCUT2D eigenvalue weighted by molar-refractivity contribution is -0.126. The minimum absolute atomic E-state index is 0.0446. The Bertz CT molecular complexity index is 192. The zero-order valence-corrected chi connectivity index (χ0v) is 8.58. The Morgan fingerprint density at radius 3 is 2.58 bits per heavy atom. The van der Waals surface area contributed by atoms with Crippen molar-refractivity contribution in [2.75, 3.05) is 13.2 Å². The number of likely N-dealkylation sites (N-methyl/N-ethyl adjacent to an activating group) is 1. The first-order valence-corrected chi connectivity index (χ1v) is 4.47. The second-order valence-corrected chi connectivity index (χ2v) is 4.51. The van der Waals surface area contributed by atoms with Crippen LogP contribution >= 0.6 is 34.8 Å². The molecule has 1 aliphatic rings. The molecule has 0 aromatic rings. The van der Waals surface area contributed by atoms with Crippen molar-refractivity contribution in [3.05, 3.63) is 6.23 Å². The topological polar surface area (TPSA) is 29.5 Å². The van der Waals surface area contributed by atoms with Crippen molar-refractivity contribution < 1.29 is 9.53 Å². The Balaban J connectivity index is 2.73. The Morgan fingerprint density at radius 2 is 2.25 bits per heavy atom. The number of carbonyl (C=O) groups is 1. The third-order valence-electron chi connectivity index (χ3n) is 1.44. The molecule has 0 spiro atoms. The largest absolute Gasteiger partial charge is 0.517 e. The molecule has 1 aliphatic heterocycles. The van der Waals surface area contributed by atoms with Gasteiger partial charge < -0.3 is 9.64 Å². The molecule has 0 aromatic carbocycles. The van der Waals surface area contributed by atoms with Gasteiger partial charge in [-0.05, 0) is 13.5 Å². The molecule has 0 aromatic heterocycles. The van der Waals surface area contributed by atoms with Gasteiger partial charge in [0.25, 0.3) is 0 Å². The average molecular weight is 231 g/mol. The molecule has 6 heteroatoms. The van der Waals surface area contributed by atoms with E-state index in [1.165, 1.54) is 4.90 Å². The number of amides is 1. The van der Waals surface area contributed by atoms with Crippen LogP contribution in [0.3, 0.4) is 0 Å². The molecule has 0 N–H and O–H groups in total. The lowest BCUT2D eigenvalue weighted by Crippen LogP contribution is -2.35. The summed E-state index contributed by atoms with van der Waals surface area (Å²) >= 11 is 16.7. The minimum atomic E-state index is -1.65. The predicted octanol–water partition coefficient (Wildman–Crippen LogP) is 1.72. The third-order valence-corrected chi connectivity index (χ3v) is 1.92. The molecule has 1 fully saturated rings. The minimum Gasteiger partial charge on any atom is -0.517 e. The van der Waals surface area contributed by atoms with Gasteiger partial charge in [0.05, 0.1) is 6.61 Å². The van der Waals surface area contributed by atoms with E-state index in [2.05, 4.69) is 0 Å².